The lowest BCUT2D eigenvalue weighted by Crippen LogP contribution is -2.45. The molecule has 0 bridgehead atoms. The first-order chi connectivity index (χ1) is 10.3. The minimum absolute atomic E-state index is 0.0462. The smallest absolute Gasteiger partial charge is 0.410 e. The van der Waals surface area contributed by atoms with E-state index in [-0.39, 0.29) is 12.2 Å². The number of hydrogen-bond acceptors (Lipinski definition) is 4. The lowest BCUT2D eigenvalue weighted by Gasteiger charge is -2.34. The summed E-state index contributed by atoms with van der Waals surface area (Å²) in [6, 6.07) is 3.87. The van der Waals surface area contributed by atoms with E-state index in [0.29, 0.717) is 13.2 Å². The maximum Gasteiger partial charge on any atom is 0.410 e. The van der Waals surface area contributed by atoms with Crippen LogP contribution >= 0.6 is 15.9 Å². The summed E-state index contributed by atoms with van der Waals surface area (Å²) >= 11 is 3.31. The molecule has 122 valence electrons. The minimum atomic E-state index is -0.464. The summed E-state index contributed by atoms with van der Waals surface area (Å²) in [6.45, 7) is 7.46. The van der Waals surface area contributed by atoms with Gasteiger partial charge in [0.2, 0.25) is 0 Å². The van der Waals surface area contributed by atoms with Gasteiger partial charge in [0, 0.05) is 12.7 Å². The number of carbonyl (C=O) groups excluding carboxylic acids is 1. The van der Waals surface area contributed by atoms with Crippen LogP contribution in [0.5, 0.6) is 0 Å². The van der Waals surface area contributed by atoms with Gasteiger partial charge in [-0.3, -0.25) is 0 Å². The van der Waals surface area contributed by atoms with E-state index in [1.54, 1.807) is 11.1 Å². The standard InChI is InChI=1S/C16H23BrN2O3/c1-16(2,3)22-15(20)19-8-4-5-13(10-19)21-11-12-6-7-14(17)18-9-12/h6-7,9,13H,4-5,8,10-11H2,1-3H3/t13-/m1/s1. The molecule has 1 aliphatic heterocycles. The predicted molar refractivity (Wildman–Crippen MR) is 87.6 cm³/mol. The van der Waals surface area contributed by atoms with E-state index < -0.39 is 5.60 Å². The first-order valence-corrected chi connectivity index (χ1v) is 8.33. The number of rotatable bonds is 3. The summed E-state index contributed by atoms with van der Waals surface area (Å²) in [5.41, 5.74) is 0.561. The van der Waals surface area contributed by atoms with E-state index >= 15 is 0 Å². The van der Waals surface area contributed by atoms with Crippen molar-refractivity contribution in [3.05, 3.63) is 28.5 Å². The highest BCUT2D eigenvalue weighted by Gasteiger charge is 2.27. The molecule has 1 fully saturated rings. The van der Waals surface area contributed by atoms with Crippen molar-refractivity contribution in [3.8, 4) is 0 Å². The van der Waals surface area contributed by atoms with Crippen molar-refractivity contribution < 1.29 is 14.3 Å². The summed E-state index contributed by atoms with van der Waals surface area (Å²) in [5.74, 6) is 0. The fourth-order valence-corrected chi connectivity index (χ4v) is 2.51. The molecular weight excluding hydrogens is 348 g/mol. The number of piperidine rings is 1. The van der Waals surface area contributed by atoms with Crippen LogP contribution in [-0.2, 0) is 16.1 Å². The molecule has 6 heteroatoms. The number of likely N-dealkylation sites (tertiary alicyclic amines) is 1. The molecule has 0 radical (unpaired) electrons. The van der Waals surface area contributed by atoms with Crippen molar-refractivity contribution in [2.45, 2.75) is 51.9 Å². The van der Waals surface area contributed by atoms with Crippen LogP contribution in [0.15, 0.2) is 22.9 Å². The first kappa shape index (κ1) is 17.2. The predicted octanol–water partition coefficient (Wildman–Crippen LogP) is 3.76. The average molecular weight is 371 g/mol. The Labute approximate surface area is 140 Å². The molecule has 0 aromatic carbocycles. The van der Waals surface area contributed by atoms with Gasteiger partial charge < -0.3 is 14.4 Å². The van der Waals surface area contributed by atoms with Crippen molar-refractivity contribution in [1.82, 2.24) is 9.88 Å². The van der Waals surface area contributed by atoms with Crippen LogP contribution in [0.3, 0.4) is 0 Å². The second-order valence-corrected chi connectivity index (χ2v) is 7.30. The molecular formula is C16H23BrN2O3. The Bertz CT molecular complexity index is 499. The second-order valence-electron chi connectivity index (χ2n) is 6.49. The van der Waals surface area contributed by atoms with Crippen LogP contribution in [0.1, 0.15) is 39.2 Å². The van der Waals surface area contributed by atoms with Gasteiger partial charge in [-0.1, -0.05) is 6.07 Å². The number of aromatic nitrogens is 1. The highest BCUT2D eigenvalue weighted by molar-refractivity contribution is 9.10. The normalized spacial score (nSPS) is 19.1. The van der Waals surface area contributed by atoms with Gasteiger partial charge in [0.05, 0.1) is 19.3 Å². The largest absolute Gasteiger partial charge is 0.444 e. The van der Waals surface area contributed by atoms with E-state index in [4.69, 9.17) is 9.47 Å². The zero-order valence-corrected chi connectivity index (χ0v) is 14.9. The van der Waals surface area contributed by atoms with E-state index in [9.17, 15) is 4.79 Å². The Morgan fingerprint density at radius 1 is 1.45 bits per heavy atom. The van der Waals surface area contributed by atoms with Crippen LogP contribution in [0.2, 0.25) is 0 Å². The molecule has 22 heavy (non-hydrogen) atoms. The van der Waals surface area contributed by atoms with Gasteiger partial charge >= 0.3 is 6.09 Å². The van der Waals surface area contributed by atoms with E-state index in [2.05, 4.69) is 20.9 Å². The molecule has 1 aromatic heterocycles. The molecule has 0 saturated carbocycles. The Balaban J connectivity index is 1.82. The monoisotopic (exact) mass is 370 g/mol. The molecule has 0 N–H and O–H groups in total. The summed E-state index contributed by atoms with van der Waals surface area (Å²) in [6.07, 6.45) is 3.47. The van der Waals surface area contributed by atoms with Gasteiger partial charge in [-0.2, -0.15) is 0 Å². The molecule has 0 spiro atoms. The summed E-state index contributed by atoms with van der Waals surface area (Å²) < 4.78 is 12.1. The quantitative estimate of drug-likeness (QED) is 0.760. The average Bonchev–Trinajstić information content (AvgIpc) is 2.45. The summed E-state index contributed by atoms with van der Waals surface area (Å²) in [4.78, 5) is 18.0. The van der Waals surface area contributed by atoms with E-state index in [1.165, 1.54) is 0 Å². The number of carbonyl (C=O) groups is 1. The van der Waals surface area contributed by atoms with Gasteiger partial charge in [-0.05, 0) is 61.2 Å². The SMILES string of the molecule is CC(C)(C)OC(=O)N1CCC[C@@H](OCc2ccc(Br)nc2)C1. The Kier molecular flexibility index (Phi) is 5.81. The third-order valence-electron chi connectivity index (χ3n) is 3.30. The zero-order chi connectivity index (χ0) is 16.2. The molecule has 2 heterocycles. The number of pyridine rings is 1. The fraction of sp³-hybridized carbons (Fsp3) is 0.625. The third kappa shape index (κ3) is 5.57. The number of halogens is 1. The van der Waals surface area contributed by atoms with Crippen molar-refractivity contribution >= 4 is 22.0 Å². The van der Waals surface area contributed by atoms with Crippen LogP contribution in [0.4, 0.5) is 4.79 Å². The molecule has 1 amide bonds. The second kappa shape index (κ2) is 7.42. The summed E-state index contributed by atoms with van der Waals surface area (Å²) in [5, 5.41) is 0. The summed E-state index contributed by atoms with van der Waals surface area (Å²) in [7, 11) is 0. The fourth-order valence-electron chi connectivity index (χ4n) is 2.27. The Morgan fingerprint density at radius 2 is 2.23 bits per heavy atom. The van der Waals surface area contributed by atoms with Gasteiger partial charge in [0.1, 0.15) is 10.2 Å². The molecule has 0 unspecified atom stereocenters. The van der Waals surface area contributed by atoms with Crippen molar-refractivity contribution in [2.24, 2.45) is 0 Å². The van der Waals surface area contributed by atoms with Crippen molar-refractivity contribution in [3.63, 3.8) is 0 Å². The molecule has 5 nitrogen and oxygen atoms in total. The van der Waals surface area contributed by atoms with Crippen molar-refractivity contribution in [2.75, 3.05) is 13.1 Å². The Morgan fingerprint density at radius 3 is 2.86 bits per heavy atom. The number of nitrogens with zero attached hydrogens (tertiary/aromatic N) is 2. The lowest BCUT2D eigenvalue weighted by molar-refractivity contribution is -0.0259. The molecule has 1 aromatic rings. The van der Waals surface area contributed by atoms with Gasteiger partial charge in [-0.25, -0.2) is 9.78 Å². The van der Waals surface area contributed by atoms with E-state index in [1.807, 2.05) is 32.9 Å². The Hall–Kier alpha value is -1.14. The number of amides is 1. The number of hydrogen-bond donors (Lipinski definition) is 0. The van der Waals surface area contributed by atoms with Gasteiger partial charge in [-0.15, -0.1) is 0 Å². The van der Waals surface area contributed by atoms with Gasteiger partial charge in [0.25, 0.3) is 0 Å². The topological polar surface area (TPSA) is 51.7 Å². The van der Waals surface area contributed by atoms with E-state index in [0.717, 1.165) is 29.6 Å². The molecule has 0 aliphatic carbocycles. The molecule has 1 atom stereocenters. The number of ether oxygens (including phenoxy) is 2. The zero-order valence-electron chi connectivity index (χ0n) is 13.3. The molecule has 1 aliphatic rings. The maximum atomic E-state index is 12.1. The minimum Gasteiger partial charge on any atom is -0.444 e. The highest BCUT2D eigenvalue weighted by atomic mass is 79.9. The molecule has 2 rings (SSSR count). The lowest BCUT2D eigenvalue weighted by atomic mass is 10.1. The third-order valence-corrected chi connectivity index (χ3v) is 3.77. The maximum absolute atomic E-state index is 12.1. The van der Waals surface area contributed by atoms with Crippen LogP contribution in [0.25, 0.3) is 0 Å². The van der Waals surface area contributed by atoms with Crippen molar-refractivity contribution in [1.29, 1.82) is 0 Å². The first-order valence-electron chi connectivity index (χ1n) is 7.53. The van der Waals surface area contributed by atoms with Crippen LogP contribution < -0.4 is 0 Å². The van der Waals surface area contributed by atoms with Crippen LogP contribution in [0, 0.1) is 0 Å². The highest BCUT2D eigenvalue weighted by Crippen LogP contribution is 2.18. The van der Waals surface area contributed by atoms with Gasteiger partial charge in [0.15, 0.2) is 0 Å². The van der Waals surface area contributed by atoms with Crippen LogP contribution in [-0.4, -0.2) is 40.8 Å². The molecule has 1 saturated heterocycles.